The molecule has 11 heteroatoms. The van der Waals surface area contributed by atoms with Crippen LogP contribution in [0.25, 0.3) is 10.9 Å². The van der Waals surface area contributed by atoms with E-state index in [0.717, 1.165) is 48.2 Å². The van der Waals surface area contributed by atoms with E-state index in [4.69, 9.17) is 24.2 Å². The zero-order chi connectivity index (χ0) is 31.3. The fourth-order valence-electron chi connectivity index (χ4n) is 5.50. The first-order valence-electron chi connectivity index (χ1n) is 15.6. The lowest BCUT2D eigenvalue weighted by Gasteiger charge is -2.29. The van der Waals surface area contributed by atoms with Gasteiger partial charge in [0.2, 0.25) is 17.7 Å². The van der Waals surface area contributed by atoms with Gasteiger partial charge in [0.15, 0.2) is 0 Å². The second kappa shape index (κ2) is 14.0. The maximum atomic E-state index is 14.0. The van der Waals surface area contributed by atoms with Crippen molar-refractivity contribution in [2.24, 2.45) is 11.8 Å². The normalized spacial score (nSPS) is 22.2. The summed E-state index contributed by atoms with van der Waals surface area (Å²) >= 11 is 0. The number of carbonyl (C=O) groups is 3. The molecule has 0 unspecified atom stereocenters. The summed E-state index contributed by atoms with van der Waals surface area (Å²) in [6.45, 7) is 11.3. The van der Waals surface area contributed by atoms with Crippen molar-refractivity contribution in [3.05, 3.63) is 23.8 Å². The zero-order valence-electron chi connectivity index (χ0n) is 26.9. The standard InChI is InChI=1S/C32H48N4O6Si/c1-21(2)24-19-28(37)40-14-10-8-9-11-22-12-13-26-25(17-22)29(34-32(33-26)35(3)4)42-23-18-27(36(20-23)30(24)38)31(39)41-15-16-43(5,6)7/h12-13,17,21,23-24,27H,8-11,14-16,18-20H2,1-7H3/t23-,24+,27+/m1/s1. The number of anilines is 1. The Balaban J connectivity index is 1.70. The van der Waals surface area contributed by atoms with E-state index >= 15 is 0 Å². The van der Waals surface area contributed by atoms with Crippen molar-refractivity contribution in [1.29, 1.82) is 0 Å². The van der Waals surface area contributed by atoms with Crippen LogP contribution >= 0.6 is 0 Å². The van der Waals surface area contributed by atoms with Crippen LogP contribution in [0, 0.1) is 11.8 Å². The van der Waals surface area contributed by atoms with Crippen molar-refractivity contribution in [3.63, 3.8) is 0 Å². The molecule has 2 aromatic rings. The SMILES string of the molecule is CC(C)[C@@H]1CC(=O)OCCCCCc2ccc3nc(N(C)C)nc(c3c2)O[C@@H]2C[C@@H](C(=O)OCC[Si](C)(C)C)N(C2)C1=O. The number of rotatable bonds is 6. The van der Waals surface area contributed by atoms with Crippen LogP contribution < -0.4 is 9.64 Å². The van der Waals surface area contributed by atoms with E-state index in [2.05, 4.69) is 31.8 Å². The van der Waals surface area contributed by atoms with Gasteiger partial charge in [-0.2, -0.15) is 4.98 Å². The zero-order valence-corrected chi connectivity index (χ0v) is 27.9. The number of hydrogen-bond donors (Lipinski definition) is 0. The molecule has 3 atom stereocenters. The second-order valence-electron chi connectivity index (χ2n) is 13.6. The van der Waals surface area contributed by atoms with Gasteiger partial charge in [0.05, 0.1) is 43.0 Å². The third kappa shape index (κ3) is 8.67. The lowest BCUT2D eigenvalue weighted by Crippen LogP contribution is -2.46. The van der Waals surface area contributed by atoms with Crippen LogP contribution in [0.1, 0.15) is 51.5 Å². The number of amides is 1. The molecule has 2 aliphatic heterocycles. The predicted molar refractivity (Wildman–Crippen MR) is 169 cm³/mol. The molecule has 4 bridgehead atoms. The molecule has 1 saturated heterocycles. The van der Waals surface area contributed by atoms with E-state index in [0.29, 0.717) is 25.0 Å². The minimum Gasteiger partial charge on any atom is -0.472 e. The monoisotopic (exact) mass is 612 g/mol. The Morgan fingerprint density at radius 3 is 2.60 bits per heavy atom. The van der Waals surface area contributed by atoms with Gasteiger partial charge in [0.25, 0.3) is 0 Å². The molecule has 0 radical (unpaired) electrons. The molecule has 1 amide bonds. The van der Waals surface area contributed by atoms with E-state index in [-0.39, 0.29) is 37.2 Å². The molecule has 4 rings (SSSR count). The molecule has 1 aromatic heterocycles. The number of fused-ring (bicyclic) bond motifs is 3. The number of nitrogens with zero attached hydrogens (tertiary/aromatic N) is 4. The fraction of sp³-hybridized carbons (Fsp3) is 0.656. The first-order chi connectivity index (χ1) is 20.3. The highest BCUT2D eigenvalue weighted by Crippen LogP contribution is 2.32. The van der Waals surface area contributed by atoms with Crippen molar-refractivity contribution in [2.75, 3.05) is 38.8 Å². The highest BCUT2D eigenvalue weighted by molar-refractivity contribution is 6.76. The number of aryl methyl sites for hydroxylation is 1. The Morgan fingerprint density at radius 2 is 1.91 bits per heavy atom. The van der Waals surface area contributed by atoms with Crippen molar-refractivity contribution in [1.82, 2.24) is 14.9 Å². The van der Waals surface area contributed by atoms with Gasteiger partial charge in [0, 0.05) is 28.6 Å². The summed E-state index contributed by atoms with van der Waals surface area (Å²) in [7, 11) is 2.33. The number of aromatic nitrogens is 2. The van der Waals surface area contributed by atoms with E-state index in [9.17, 15) is 14.4 Å². The Morgan fingerprint density at radius 1 is 1.14 bits per heavy atom. The van der Waals surface area contributed by atoms with Gasteiger partial charge < -0.3 is 24.0 Å². The van der Waals surface area contributed by atoms with Crippen LogP contribution in [0.5, 0.6) is 5.88 Å². The van der Waals surface area contributed by atoms with Crippen molar-refractivity contribution in [2.45, 2.75) is 90.2 Å². The topological polar surface area (TPSA) is 111 Å². The maximum Gasteiger partial charge on any atom is 0.328 e. The molecule has 1 fully saturated rings. The summed E-state index contributed by atoms with van der Waals surface area (Å²) in [5.74, 6) is -0.865. The molecule has 10 nitrogen and oxygen atoms in total. The van der Waals surface area contributed by atoms with E-state index < -0.39 is 32.1 Å². The summed E-state index contributed by atoms with van der Waals surface area (Å²) in [5, 5.41) is 0.803. The summed E-state index contributed by atoms with van der Waals surface area (Å²) in [6, 6.07) is 6.16. The van der Waals surface area contributed by atoms with Gasteiger partial charge in [-0.15, -0.1) is 0 Å². The molecule has 0 aliphatic carbocycles. The molecular formula is C32H48N4O6Si. The average Bonchev–Trinajstić information content (AvgIpc) is 3.35. The van der Waals surface area contributed by atoms with E-state index in [1.165, 1.54) is 0 Å². The molecule has 0 N–H and O–H groups in total. The van der Waals surface area contributed by atoms with Gasteiger partial charge in [0.1, 0.15) is 12.1 Å². The Labute approximate surface area is 256 Å². The third-order valence-corrected chi connectivity index (χ3v) is 9.89. The lowest BCUT2D eigenvalue weighted by molar-refractivity contribution is -0.156. The fourth-order valence-corrected chi connectivity index (χ4v) is 6.21. The highest BCUT2D eigenvalue weighted by atomic mass is 28.3. The molecular weight excluding hydrogens is 564 g/mol. The minimum atomic E-state index is -1.43. The summed E-state index contributed by atoms with van der Waals surface area (Å²) in [6.07, 6.45) is 3.23. The third-order valence-electron chi connectivity index (χ3n) is 8.19. The predicted octanol–water partition coefficient (Wildman–Crippen LogP) is 4.86. The van der Waals surface area contributed by atoms with Gasteiger partial charge in [-0.1, -0.05) is 39.6 Å². The Bertz CT molecular complexity index is 1310. The molecule has 0 saturated carbocycles. The number of hydrogen-bond acceptors (Lipinski definition) is 9. The van der Waals surface area contributed by atoms with Gasteiger partial charge in [-0.05, 0) is 55.3 Å². The number of benzene rings is 1. The van der Waals surface area contributed by atoms with Crippen LogP contribution in [0.4, 0.5) is 5.95 Å². The second-order valence-corrected chi connectivity index (χ2v) is 19.2. The van der Waals surface area contributed by atoms with Crippen LogP contribution in [-0.4, -0.2) is 86.8 Å². The molecule has 2 aliphatic rings. The minimum absolute atomic E-state index is 0.0286. The molecule has 236 valence electrons. The van der Waals surface area contributed by atoms with Crippen LogP contribution in [-0.2, 0) is 30.3 Å². The number of esters is 2. The van der Waals surface area contributed by atoms with Crippen molar-refractivity contribution < 1.29 is 28.6 Å². The van der Waals surface area contributed by atoms with Crippen LogP contribution in [0.3, 0.4) is 0 Å². The van der Waals surface area contributed by atoms with Gasteiger partial charge in [-0.3, -0.25) is 9.59 Å². The Kier molecular flexibility index (Phi) is 10.7. The lowest BCUT2D eigenvalue weighted by atomic mass is 9.91. The largest absolute Gasteiger partial charge is 0.472 e. The van der Waals surface area contributed by atoms with Gasteiger partial charge >= 0.3 is 11.9 Å². The maximum absolute atomic E-state index is 14.0. The average molecular weight is 613 g/mol. The number of ether oxygens (including phenoxy) is 3. The summed E-state index contributed by atoms with van der Waals surface area (Å²) < 4.78 is 17.8. The van der Waals surface area contributed by atoms with Crippen molar-refractivity contribution >= 4 is 42.8 Å². The summed E-state index contributed by atoms with van der Waals surface area (Å²) in [4.78, 5) is 53.1. The summed E-state index contributed by atoms with van der Waals surface area (Å²) in [5.41, 5.74) is 1.91. The quantitative estimate of drug-likeness (QED) is 0.334. The van der Waals surface area contributed by atoms with Crippen LogP contribution in [0.15, 0.2) is 18.2 Å². The molecule has 1 aromatic carbocycles. The molecule has 3 heterocycles. The van der Waals surface area contributed by atoms with Crippen LogP contribution in [0.2, 0.25) is 25.7 Å². The molecule has 0 spiro atoms. The Hall–Kier alpha value is -3.21. The number of cyclic esters (lactones) is 1. The van der Waals surface area contributed by atoms with Crippen molar-refractivity contribution in [3.8, 4) is 5.88 Å². The van der Waals surface area contributed by atoms with E-state index in [1.807, 2.05) is 38.9 Å². The van der Waals surface area contributed by atoms with E-state index in [1.54, 1.807) is 4.90 Å². The first-order valence-corrected chi connectivity index (χ1v) is 19.3. The van der Waals surface area contributed by atoms with Gasteiger partial charge in [-0.25, -0.2) is 9.78 Å². The number of carbonyl (C=O) groups excluding carboxylic acids is 3. The molecule has 43 heavy (non-hydrogen) atoms. The smallest absolute Gasteiger partial charge is 0.328 e. The first kappa shape index (κ1) is 32.7. The highest BCUT2D eigenvalue weighted by Gasteiger charge is 2.45.